The quantitative estimate of drug-likeness (QED) is 0.521. The highest BCUT2D eigenvalue weighted by Crippen LogP contribution is 2.24. The topological polar surface area (TPSA) is 20.3 Å². The number of rotatable bonds is 0. The molecular weight excluding hydrogens is 138 g/mol. The number of ketones is 1. The zero-order valence-corrected chi connectivity index (χ0v) is 6.88. The fourth-order valence-corrected chi connectivity index (χ4v) is 2.24. The molecule has 0 aromatic rings. The molecule has 2 saturated heterocycles. The molecule has 1 unspecified atom stereocenters. The summed E-state index contributed by atoms with van der Waals surface area (Å²) in [5.74, 6) is 0.472. The first-order valence-corrected chi connectivity index (χ1v) is 4.62. The lowest BCUT2D eigenvalue weighted by atomic mass is 10.1. The lowest BCUT2D eigenvalue weighted by molar-refractivity contribution is -0.118. The SMILES string of the molecule is O=C1CCC2CCCN2CC1. The Labute approximate surface area is 67.6 Å². The van der Waals surface area contributed by atoms with Gasteiger partial charge in [-0.2, -0.15) is 0 Å². The van der Waals surface area contributed by atoms with Crippen LogP contribution < -0.4 is 0 Å². The van der Waals surface area contributed by atoms with Gasteiger partial charge in [-0.15, -0.1) is 0 Å². The fraction of sp³-hybridized carbons (Fsp3) is 0.889. The smallest absolute Gasteiger partial charge is 0.134 e. The third-order valence-corrected chi connectivity index (χ3v) is 2.93. The minimum absolute atomic E-state index is 0.472. The molecule has 2 aliphatic heterocycles. The van der Waals surface area contributed by atoms with Crippen molar-refractivity contribution in [2.24, 2.45) is 0 Å². The first-order chi connectivity index (χ1) is 5.36. The highest BCUT2D eigenvalue weighted by atomic mass is 16.1. The first-order valence-electron chi connectivity index (χ1n) is 4.62. The van der Waals surface area contributed by atoms with Gasteiger partial charge in [0.1, 0.15) is 5.78 Å². The summed E-state index contributed by atoms with van der Waals surface area (Å²) in [4.78, 5) is 13.6. The van der Waals surface area contributed by atoms with E-state index in [-0.39, 0.29) is 0 Å². The standard InChI is InChI=1S/C9H15NO/c11-9-4-3-8-2-1-6-10(8)7-5-9/h8H,1-7H2. The highest BCUT2D eigenvalue weighted by molar-refractivity contribution is 5.78. The molecule has 2 fully saturated rings. The van der Waals surface area contributed by atoms with Crippen molar-refractivity contribution < 1.29 is 4.79 Å². The van der Waals surface area contributed by atoms with Crippen molar-refractivity contribution in [3.8, 4) is 0 Å². The van der Waals surface area contributed by atoms with Crippen molar-refractivity contribution in [3.63, 3.8) is 0 Å². The molecule has 1 atom stereocenters. The zero-order chi connectivity index (χ0) is 7.68. The molecule has 2 heteroatoms. The molecule has 0 bridgehead atoms. The van der Waals surface area contributed by atoms with Crippen LogP contribution in [-0.2, 0) is 4.79 Å². The van der Waals surface area contributed by atoms with Crippen molar-refractivity contribution in [1.82, 2.24) is 4.90 Å². The summed E-state index contributed by atoms with van der Waals surface area (Å²) in [6, 6.07) is 0.751. The second-order valence-corrected chi connectivity index (χ2v) is 3.66. The Kier molecular flexibility index (Phi) is 1.95. The number of Topliss-reactive ketones (excluding diaryl/α,β-unsaturated/α-hetero) is 1. The van der Waals surface area contributed by atoms with E-state index >= 15 is 0 Å². The molecule has 2 nitrogen and oxygen atoms in total. The molecule has 62 valence electrons. The fourth-order valence-electron chi connectivity index (χ4n) is 2.24. The molecule has 2 rings (SSSR count). The largest absolute Gasteiger partial charge is 0.300 e. The Morgan fingerprint density at radius 2 is 2.09 bits per heavy atom. The molecule has 2 aliphatic rings. The predicted octanol–water partition coefficient (Wildman–Crippen LogP) is 1.20. The summed E-state index contributed by atoms with van der Waals surface area (Å²) in [7, 11) is 0. The normalized spacial score (nSPS) is 33.5. The minimum atomic E-state index is 0.472. The maximum Gasteiger partial charge on any atom is 0.134 e. The molecule has 0 amide bonds. The van der Waals surface area contributed by atoms with Crippen LogP contribution >= 0.6 is 0 Å². The van der Waals surface area contributed by atoms with Gasteiger partial charge < -0.3 is 0 Å². The third-order valence-electron chi connectivity index (χ3n) is 2.93. The van der Waals surface area contributed by atoms with E-state index in [2.05, 4.69) is 4.90 Å². The van der Waals surface area contributed by atoms with Crippen LogP contribution in [0.5, 0.6) is 0 Å². The maximum absolute atomic E-state index is 11.1. The Morgan fingerprint density at radius 1 is 1.18 bits per heavy atom. The van der Waals surface area contributed by atoms with E-state index in [1.807, 2.05) is 0 Å². The molecule has 0 aromatic carbocycles. The van der Waals surface area contributed by atoms with E-state index in [4.69, 9.17) is 0 Å². The Hall–Kier alpha value is -0.370. The lowest BCUT2D eigenvalue weighted by Gasteiger charge is -2.19. The lowest BCUT2D eigenvalue weighted by Crippen LogP contribution is -2.28. The summed E-state index contributed by atoms with van der Waals surface area (Å²) in [6.07, 6.45) is 5.43. The summed E-state index contributed by atoms with van der Waals surface area (Å²) in [6.45, 7) is 2.27. The second kappa shape index (κ2) is 2.94. The van der Waals surface area contributed by atoms with Crippen LogP contribution in [0.2, 0.25) is 0 Å². The van der Waals surface area contributed by atoms with E-state index in [0.29, 0.717) is 5.78 Å². The maximum atomic E-state index is 11.1. The Morgan fingerprint density at radius 3 is 3.00 bits per heavy atom. The number of fused-ring (bicyclic) bond motifs is 1. The number of carbonyl (C=O) groups excluding carboxylic acids is 1. The van der Waals surface area contributed by atoms with Crippen molar-refractivity contribution in [1.29, 1.82) is 0 Å². The molecule has 11 heavy (non-hydrogen) atoms. The predicted molar refractivity (Wildman–Crippen MR) is 43.5 cm³/mol. The van der Waals surface area contributed by atoms with E-state index in [0.717, 1.165) is 31.8 Å². The van der Waals surface area contributed by atoms with Crippen molar-refractivity contribution in [2.75, 3.05) is 13.1 Å². The number of carbonyl (C=O) groups is 1. The van der Waals surface area contributed by atoms with E-state index in [1.165, 1.54) is 19.4 Å². The van der Waals surface area contributed by atoms with Crippen LogP contribution in [0.3, 0.4) is 0 Å². The van der Waals surface area contributed by atoms with Crippen LogP contribution in [0.25, 0.3) is 0 Å². The molecule has 0 saturated carbocycles. The molecule has 0 aromatic heterocycles. The summed E-state index contributed by atoms with van der Waals surface area (Å²) in [5.41, 5.74) is 0. The molecular formula is C9H15NO. The van der Waals surface area contributed by atoms with Gasteiger partial charge in [-0.1, -0.05) is 0 Å². The van der Waals surface area contributed by atoms with Crippen molar-refractivity contribution in [2.45, 2.75) is 38.1 Å². The van der Waals surface area contributed by atoms with Crippen molar-refractivity contribution in [3.05, 3.63) is 0 Å². The van der Waals surface area contributed by atoms with Gasteiger partial charge in [-0.3, -0.25) is 9.69 Å². The minimum Gasteiger partial charge on any atom is -0.300 e. The number of hydrogen-bond donors (Lipinski definition) is 0. The van der Waals surface area contributed by atoms with Crippen LogP contribution in [0.1, 0.15) is 32.1 Å². The molecule has 0 aliphatic carbocycles. The zero-order valence-electron chi connectivity index (χ0n) is 6.88. The average molecular weight is 153 g/mol. The van der Waals surface area contributed by atoms with Crippen LogP contribution in [0.15, 0.2) is 0 Å². The number of nitrogens with zero attached hydrogens (tertiary/aromatic N) is 1. The summed E-state index contributed by atoms with van der Waals surface area (Å²) < 4.78 is 0. The average Bonchev–Trinajstić information content (AvgIpc) is 2.38. The van der Waals surface area contributed by atoms with Crippen molar-refractivity contribution >= 4 is 5.78 Å². The van der Waals surface area contributed by atoms with Gasteiger partial charge in [0.15, 0.2) is 0 Å². The molecule has 0 spiro atoms. The second-order valence-electron chi connectivity index (χ2n) is 3.66. The van der Waals surface area contributed by atoms with Gasteiger partial charge in [0.25, 0.3) is 0 Å². The summed E-state index contributed by atoms with van der Waals surface area (Å²) >= 11 is 0. The van der Waals surface area contributed by atoms with E-state index in [1.54, 1.807) is 0 Å². The molecule has 2 heterocycles. The third kappa shape index (κ3) is 1.45. The van der Waals surface area contributed by atoms with Gasteiger partial charge in [-0.25, -0.2) is 0 Å². The van der Waals surface area contributed by atoms with Crippen LogP contribution in [0, 0.1) is 0 Å². The Bertz CT molecular complexity index is 151. The van der Waals surface area contributed by atoms with Gasteiger partial charge >= 0.3 is 0 Å². The monoisotopic (exact) mass is 153 g/mol. The van der Waals surface area contributed by atoms with E-state index in [9.17, 15) is 4.79 Å². The van der Waals surface area contributed by atoms with E-state index < -0.39 is 0 Å². The molecule has 0 radical (unpaired) electrons. The Balaban J connectivity index is 2.00. The van der Waals surface area contributed by atoms with Crippen LogP contribution in [0.4, 0.5) is 0 Å². The molecule has 0 N–H and O–H groups in total. The van der Waals surface area contributed by atoms with Crippen LogP contribution in [-0.4, -0.2) is 29.8 Å². The van der Waals surface area contributed by atoms with Gasteiger partial charge in [0.05, 0.1) is 0 Å². The van der Waals surface area contributed by atoms with Gasteiger partial charge in [0, 0.05) is 25.4 Å². The number of hydrogen-bond acceptors (Lipinski definition) is 2. The highest BCUT2D eigenvalue weighted by Gasteiger charge is 2.27. The van der Waals surface area contributed by atoms with Gasteiger partial charge in [-0.05, 0) is 25.8 Å². The van der Waals surface area contributed by atoms with Gasteiger partial charge in [0.2, 0.25) is 0 Å². The first kappa shape index (κ1) is 7.29. The summed E-state index contributed by atoms with van der Waals surface area (Å²) in [5, 5.41) is 0.